The van der Waals surface area contributed by atoms with Gasteiger partial charge in [0.2, 0.25) is 82.7 Å². The van der Waals surface area contributed by atoms with Crippen molar-refractivity contribution in [3.05, 3.63) is 42.0 Å². The zero-order chi connectivity index (χ0) is 77.0. The molecule has 101 heavy (non-hydrogen) atoms. The number of allylic oxidation sites excluding steroid dienone is 1. The smallest absolute Gasteiger partial charge is 0.328 e. The number of amides is 14. The van der Waals surface area contributed by atoms with Crippen LogP contribution in [0.3, 0.4) is 0 Å². The van der Waals surface area contributed by atoms with Gasteiger partial charge in [-0.05, 0) is 82.4 Å². The number of ether oxygens (including phenoxy) is 3. The number of hydrogen-bond donors (Lipinski definition) is 17. The molecule has 18 atom stereocenters. The Bertz CT molecular complexity index is 3100. The summed E-state index contributed by atoms with van der Waals surface area (Å²) in [7, 11) is 4.62. The second kappa shape index (κ2) is 42.0. The predicted molar refractivity (Wildman–Crippen MR) is 358 cm³/mol. The number of nitrogens with zero attached hydrogens (tertiary/aromatic N) is 2. The summed E-state index contributed by atoms with van der Waals surface area (Å²) in [4.78, 5) is 210. The van der Waals surface area contributed by atoms with Crippen LogP contribution in [0.1, 0.15) is 119 Å². The van der Waals surface area contributed by atoms with Crippen LogP contribution in [0.4, 0.5) is 0 Å². The maximum atomic E-state index is 15.0. The predicted octanol–water partition coefficient (Wildman–Crippen LogP) is -6.52. The molecule has 0 aliphatic carbocycles. The molecule has 1 aromatic carbocycles. The third-order valence-electron chi connectivity index (χ3n) is 16.3. The van der Waals surface area contributed by atoms with Crippen LogP contribution in [-0.4, -0.2) is 251 Å². The molecular weight excluding hydrogens is 1330 g/mol. The van der Waals surface area contributed by atoms with E-state index in [1.807, 2.05) is 13.8 Å². The van der Waals surface area contributed by atoms with Crippen LogP contribution in [0.15, 0.2) is 36.4 Å². The number of nitrogens with two attached hydrogens (primary N) is 4. The van der Waals surface area contributed by atoms with E-state index in [-0.39, 0.29) is 29.6 Å². The number of aromatic hydroxyl groups is 1. The fourth-order valence-corrected chi connectivity index (χ4v) is 10.5. The van der Waals surface area contributed by atoms with Gasteiger partial charge in [0.25, 0.3) is 0 Å². The van der Waals surface area contributed by atoms with Gasteiger partial charge >= 0.3 is 5.97 Å². The second-order valence-corrected chi connectivity index (χ2v) is 25.5. The molecule has 1 aliphatic heterocycles. The lowest BCUT2D eigenvalue weighted by atomic mass is 9.95. The Morgan fingerprint density at radius 1 is 0.703 bits per heavy atom. The van der Waals surface area contributed by atoms with Gasteiger partial charge < -0.3 is 115 Å². The number of hydrogen-bond acceptors (Lipinski definition) is 23. The van der Waals surface area contributed by atoms with Crippen molar-refractivity contribution < 1.29 is 107 Å². The molecule has 0 aromatic heterocycles. The maximum absolute atomic E-state index is 15.0. The molecular formula is C64H103N15O22. The Hall–Kier alpha value is -9.43. The molecule has 14 amide bonds. The minimum atomic E-state index is -2.45. The van der Waals surface area contributed by atoms with Crippen LogP contribution >= 0.6 is 0 Å². The van der Waals surface area contributed by atoms with E-state index in [1.165, 1.54) is 65.3 Å². The summed E-state index contributed by atoms with van der Waals surface area (Å²) in [5, 5.41) is 63.0. The van der Waals surface area contributed by atoms with E-state index in [1.54, 1.807) is 19.9 Å². The first kappa shape index (κ1) is 87.7. The molecule has 1 heterocycles. The number of methoxy groups -OCH3 is 2. The van der Waals surface area contributed by atoms with Crippen molar-refractivity contribution in [3.8, 4) is 5.75 Å². The standard InChI is InChI=1S/C64H103N15O22/c1-14-15-30(4)16-19-38(82)26-44(85)72-50(52(87)54(68)88)61(95)75-48(34(8)80)59(93)74-47(32(6)65)58(92)73-46(31(5)25-43(67)84)57(91)76-49-35(9)101-64(98)33(7)78(10)63(97)51(53(100-13)36-17-20-37(81)21-18-36)77-56(90)41(22-23-42(66)83)79(11)62(96)39(24-29(2)3)70-45(86)27-69-55(89)40(28-99-12)71-60(49)94/h16-21,29-35,38-41,46-53,80-82,87H,14-15,22-28,65H2,1-13H3,(H2,66,83)(H2,67,84)(H2,68,88)(H,69,89)(H,70,86)(H,71,94)(H,72,85)(H,73,92)(H,74,93)(H,75,95)(H,76,91)(H,77,90)/b19-16-/t30-,31-,32+,33-,34+,35+,38+,39-,40-,41-,46-,47-,48-,49-,50+,51?,52-,53+/m0/s1. The number of primary amides is 3. The highest BCUT2D eigenvalue weighted by atomic mass is 16.5. The Balaban J connectivity index is 2.83. The van der Waals surface area contributed by atoms with E-state index in [2.05, 4.69) is 47.9 Å². The summed E-state index contributed by atoms with van der Waals surface area (Å²) < 4.78 is 16.8. The summed E-state index contributed by atoms with van der Waals surface area (Å²) in [5.41, 5.74) is 22.7. The number of nitrogens with one attached hydrogen (secondary N) is 9. The Labute approximate surface area is 585 Å². The Kier molecular flexibility index (Phi) is 36.4. The van der Waals surface area contributed by atoms with Crippen molar-refractivity contribution in [1.29, 1.82) is 0 Å². The number of rotatable bonds is 32. The number of phenolic OH excluding ortho intramolecular Hbond substituents is 1. The lowest BCUT2D eigenvalue weighted by Gasteiger charge is -2.36. The van der Waals surface area contributed by atoms with Gasteiger partial charge in [0.15, 0.2) is 6.10 Å². The normalized spacial score (nSPS) is 22.8. The molecule has 21 N–H and O–H groups in total. The number of esters is 1. The van der Waals surface area contributed by atoms with E-state index in [0.29, 0.717) is 0 Å². The summed E-state index contributed by atoms with van der Waals surface area (Å²) >= 11 is 0. The number of likely N-dealkylation sites (N-methyl/N-ethyl adjacent to an activating group) is 2. The first-order valence-corrected chi connectivity index (χ1v) is 32.7. The fraction of sp³-hybridized carbons (Fsp3) is 0.641. The molecule has 2 rings (SSSR count). The van der Waals surface area contributed by atoms with E-state index < -0.39 is 230 Å². The van der Waals surface area contributed by atoms with E-state index in [9.17, 15) is 92.3 Å². The quantitative estimate of drug-likeness (QED) is 0.0236. The second-order valence-electron chi connectivity index (χ2n) is 25.5. The summed E-state index contributed by atoms with van der Waals surface area (Å²) in [6, 6.07) is -15.0. The summed E-state index contributed by atoms with van der Waals surface area (Å²) in [6.45, 7) is 11.4. The van der Waals surface area contributed by atoms with Crippen LogP contribution in [0.5, 0.6) is 5.75 Å². The maximum Gasteiger partial charge on any atom is 0.328 e. The van der Waals surface area contributed by atoms with Gasteiger partial charge in [-0.15, -0.1) is 0 Å². The number of phenols is 1. The SMILES string of the molecule is CCC[C@H](C)/C=C\[C@@H](O)CC(=O)N[C@@H](C(=O)N[C@H](C(=O)N[C@H](C(=O)N[C@H](C(=O)N[C@@H]1C(=O)N[C@@H](COC)C(=O)NCC(=O)N[C@@H](CC(C)C)C(=O)N(C)[C@@H](CCC(N)=O)C(=O)NC([C@H](OC)c2ccc(O)cc2)C(=O)N(C)[C@@H](C)C(=O)O[C@@H]1C)[C@@H](C)CC(N)=O)[C@@H](C)N)[C@@H](C)O)[C@H](O)C(N)=O. The van der Waals surface area contributed by atoms with Crippen molar-refractivity contribution >= 4 is 88.7 Å². The molecule has 0 saturated carbocycles. The van der Waals surface area contributed by atoms with Crippen LogP contribution in [0, 0.1) is 17.8 Å². The number of benzene rings is 1. The van der Waals surface area contributed by atoms with Crippen molar-refractivity contribution in [3.63, 3.8) is 0 Å². The lowest BCUT2D eigenvalue weighted by Crippen LogP contribution is -2.66. The first-order valence-electron chi connectivity index (χ1n) is 32.7. The van der Waals surface area contributed by atoms with Gasteiger partial charge in [0, 0.05) is 47.2 Å². The molecule has 37 nitrogen and oxygen atoms in total. The van der Waals surface area contributed by atoms with Gasteiger partial charge in [-0.25, -0.2) is 4.79 Å². The minimum absolute atomic E-state index is 0.0286. The van der Waals surface area contributed by atoms with Gasteiger partial charge in [0.05, 0.1) is 31.8 Å². The highest BCUT2D eigenvalue weighted by Gasteiger charge is 2.44. The zero-order valence-electron chi connectivity index (χ0n) is 59.1. The third-order valence-corrected chi connectivity index (χ3v) is 16.3. The first-order chi connectivity index (χ1) is 47.1. The largest absolute Gasteiger partial charge is 0.508 e. The van der Waals surface area contributed by atoms with Gasteiger partial charge in [0.1, 0.15) is 78.4 Å². The average Bonchev–Trinajstić information content (AvgIpc) is 0.815. The molecule has 1 saturated heterocycles. The molecule has 1 unspecified atom stereocenters. The monoisotopic (exact) mass is 1430 g/mol. The molecule has 1 aromatic rings. The van der Waals surface area contributed by atoms with Crippen LogP contribution in [-0.2, 0) is 86.1 Å². The summed E-state index contributed by atoms with van der Waals surface area (Å²) in [6.07, 6.45) is -6.78. The molecule has 37 heteroatoms. The Morgan fingerprint density at radius 2 is 1.29 bits per heavy atom. The molecule has 1 fully saturated rings. The average molecular weight is 1430 g/mol. The van der Waals surface area contributed by atoms with Gasteiger partial charge in [-0.3, -0.25) is 67.1 Å². The molecule has 566 valence electrons. The van der Waals surface area contributed by atoms with Gasteiger partial charge in [-0.2, -0.15) is 0 Å². The van der Waals surface area contributed by atoms with Crippen molar-refractivity contribution in [1.82, 2.24) is 57.7 Å². The highest BCUT2D eigenvalue weighted by Crippen LogP contribution is 2.26. The van der Waals surface area contributed by atoms with Crippen LogP contribution in [0.2, 0.25) is 0 Å². The summed E-state index contributed by atoms with van der Waals surface area (Å²) in [5.74, 6) is -19.6. The topological polar surface area (TPSA) is 583 Å². The van der Waals surface area contributed by atoms with Crippen molar-refractivity contribution in [2.75, 3.05) is 41.5 Å². The highest BCUT2D eigenvalue weighted by molar-refractivity contribution is 6.01. The molecule has 0 radical (unpaired) electrons. The minimum Gasteiger partial charge on any atom is -0.508 e. The van der Waals surface area contributed by atoms with Crippen molar-refractivity contribution in [2.45, 2.75) is 204 Å². The number of carbonyl (C=O) groups excluding carboxylic acids is 15. The number of cyclic esters (lactones) is 1. The van der Waals surface area contributed by atoms with E-state index >= 15 is 0 Å². The lowest BCUT2D eigenvalue weighted by molar-refractivity contribution is -0.161. The van der Waals surface area contributed by atoms with Crippen LogP contribution in [0.25, 0.3) is 0 Å². The third kappa shape index (κ3) is 27.9. The van der Waals surface area contributed by atoms with Gasteiger partial charge in [-0.1, -0.05) is 65.3 Å². The Morgan fingerprint density at radius 3 is 1.82 bits per heavy atom. The fourth-order valence-electron chi connectivity index (χ4n) is 10.5. The van der Waals surface area contributed by atoms with Crippen LogP contribution < -0.4 is 70.8 Å². The van der Waals surface area contributed by atoms with Crippen molar-refractivity contribution in [2.24, 2.45) is 40.7 Å². The molecule has 0 spiro atoms. The number of carbonyl (C=O) groups is 15. The number of aliphatic hydroxyl groups is 3. The number of aliphatic hydroxyl groups excluding tert-OH is 3. The zero-order valence-corrected chi connectivity index (χ0v) is 59.1. The molecule has 0 bridgehead atoms. The van der Waals surface area contributed by atoms with E-state index in [0.717, 1.165) is 50.6 Å². The van der Waals surface area contributed by atoms with E-state index in [4.69, 9.17) is 37.1 Å². The molecule has 1 aliphatic rings.